The fourth-order valence-electron chi connectivity index (χ4n) is 0.345. The average Bonchev–Trinajstić information content (AvgIpc) is 1.89. The first kappa shape index (κ1) is 12.9. The number of thiol groups is 1. The Bertz CT molecular complexity index is 47.6. The van der Waals surface area contributed by atoms with E-state index in [-0.39, 0.29) is 0 Å². The first-order chi connectivity index (χ1) is 4.63. The van der Waals surface area contributed by atoms with Gasteiger partial charge in [0.25, 0.3) is 0 Å². The highest BCUT2D eigenvalue weighted by Gasteiger charge is 1.90. The molecule has 0 heterocycles. The van der Waals surface area contributed by atoms with Crippen LogP contribution in [0, 0.1) is 0 Å². The van der Waals surface area contributed by atoms with Crippen LogP contribution in [-0.4, -0.2) is 43.4 Å². The predicted octanol–water partition coefficient (Wildman–Crippen LogP) is 1.35. The van der Waals surface area contributed by atoms with Crippen LogP contribution in [0.3, 0.4) is 0 Å². The molecule has 0 saturated heterocycles. The first-order valence-electron chi connectivity index (χ1n) is 3.67. The van der Waals surface area contributed by atoms with Crippen molar-refractivity contribution >= 4 is 12.8 Å². The lowest BCUT2D eigenvalue weighted by molar-refractivity contribution is 0.374. The highest BCUT2D eigenvalue weighted by Crippen LogP contribution is 1.84. The Morgan fingerprint density at radius 2 is 1.40 bits per heavy atom. The van der Waals surface area contributed by atoms with Crippen LogP contribution < -0.4 is 0 Å². The molecular formula is C7H20N2S. The Morgan fingerprint density at radius 3 is 1.50 bits per heavy atom. The number of hydrogen-bond donors (Lipinski definition) is 1. The molecular weight excluding hydrogens is 144 g/mol. The van der Waals surface area contributed by atoms with Crippen molar-refractivity contribution in [2.75, 3.05) is 34.2 Å². The molecule has 0 aliphatic carbocycles. The van der Waals surface area contributed by atoms with E-state index in [1.807, 2.05) is 25.2 Å². The van der Waals surface area contributed by atoms with Crippen molar-refractivity contribution in [3.63, 3.8) is 0 Å². The summed E-state index contributed by atoms with van der Waals surface area (Å²) in [4.78, 5) is 2.13. The van der Waals surface area contributed by atoms with E-state index in [2.05, 4.69) is 31.8 Å². The zero-order chi connectivity index (χ0) is 8.57. The number of rotatable bonds is 3. The van der Waals surface area contributed by atoms with E-state index >= 15 is 0 Å². The highest BCUT2D eigenvalue weighted by molar-refractivity contribution is 7.77. The first-order valence-corrected chi connectivity index (χ1v) is 4.07. The standard InChI is InChI=1S/C5H14N2S.C2H6/c1-6(2)4-5-7(3)8;1-2/h8H,4-5H2,1-3H3;1-2H3. The zero-order valence-corrected chi connectivity index (χ0v) is 8.65. The molecule has 10 heavy (non-hydrogen) atoms. The van der Waals surface area contributed by atoms with E-state index in [0.29, 0.717) is 0 Å². The second-order valence-electron chi connectivity index (χ2n) is 2.18. The fourth-order valence-corrected chi connectivity index (χ4v) is 0.434. The minimum atomic E-state index is 1.01. The average molecular weight is 164 g/mol. The molecule has 0 saturated carbocycles. The number of hydrogen-bond acceptors (Lipinski definition) is 3. The normalized spacial score (nSPS) is 9.60. The van der Waals surface area contributed by atoms with E-state index in [0.717, 1.165) is 13.1 Å². The Labute approximate surface area is 70.7 Å². The molecule has 0 fully saturated rings. The van der Waals surface area contributed by atoms with Crippen LogP contribution in [0.2, 0.25) is 0 Å². The molecule has 0 amide bonds. The van der Waals surface area contributed by atoms with Gasteiger partial charge in [-0.2, -0.15) is 0 Å². The third kappa shape index (κ3) is 15.7. The smallest absolute Gasteiger partial charge is 0.0212 e. The maximum absolute atomic E-state index is 4.08. The van der Waals surface area contributed by atoms with E-state index < -0.39 is 0 Å². The highest BCUT2D eigenvalue weighted by atomic mass is 32.1. The molecule has 0 atom stereocenters. The van der Waals surface area contributed by atoms with Gasteiger partial charge in [0.15, 0.2) is 0 Å². The van der Waals surface area contributed by atoms with Crippen LogP contribution in [0.15, 0.2) is 0 Å². The van der Waals surface area contributed by atoms with Crippen LogP contribution in [0.5, 0.6) is 0 Å². The van der Waals surface area contributed by atoms with Crippen molar-refractivity contribution in [3.8, 4) is 0 Å². The van der Waals surface area contributed by atoms with Crippen molar-refractivity contribution in [1.82, 2.24) is 9.21 Å². The van der Waals surface area contributed by atoms with Gasteiger partial charge in [-0.25, -0.2) is 0 Å². The molecule has 0 unspecified atom stereocenters. The van der Waals surface area contributed by atoms with Crippen molar-refractivity contribution in [2.45, 2.75) is 13.8 Å². The van der Waals surface area contributed by atoms with Crippen molar-refractivity contribution in [3.05, 3.63) is 0 Å². The zero-order valence-electron chi connectivity index (χ0n) is 7.76. The van der Waals surface area contributed by atoms with Crippen molar-refractivity contribution in [2.24, 2.45) is 0 Å². The van der Waals surface area contributed by atoms with E-state index in [4.69, 9.17) is 0 Å². The molecule has 3 heteroatoms. The predicted molar refractivity (Wildman–Crippen MR) is 51.5 cm³/mol. The Hall–Kier alpha value is 0.270. The van der Waals surface area contributed by atoms with Gasteiger partial charge in [0.1, 0.15) is 0 Å². The maximum Gasteiger partial charge on any atom is 0.0212 e. The molecule has 0 aromatic rings. The van der Waals surface area contributed by atoms with Gasteiger partial charge in [-0.3, -0.25) is 4.31 Å². The van der Waals surface area contributed by atoms with Crippen LogP contribution in [0.25, 0.3) is 0 Å². The maximum atomic E-state index is 4.08. The van der Waals surface area contributed by atoms with Gasteiger partial charge in [-0.1, -0.05) is 26.7 Å². The summed E-state index contributed by atoms with van der Waals surface area (Å²) in [6.45, 7) is 6.08. The SMILES string of the molecule is CC.CN(C)CCN(C)S. The van der Waals surface area contributed by atoms with E-state index in [1.165, 1.54) is 0 Å². The number of likely N-dealkylation sites (N-methyl/N-ethyl adjacent to an activating group) is 2. The van der Waals surface area contributed by atoms with Gasteiger partial charge in [0, 0.05) is 13.1 Å². The van der Waals surface area contributed by atoms with Crippen LogP contribution in [-0.2, 0) is 0 Å². The summed E-state index contributed by atoms with van der Waals surface area (Å²) in [5.74, 6) is 0. The molecule has 0 rings (SSSR count). The molecule has 0 N–H and O–H groups in total. The third-order valence-corrected chi connectivity index (χ3v) is 1.07. The van der Waals surface area contributed by atoms with Gasteiger partial charge in [0.2, 0.25) is 0 Å². The molecule has 0 spiro atoms. The van der Waals surface area contributed by atoms with Crippen LogP contribution >= 0.6 is 12.8 Å². The molecule has 64 valence electrons. The topological polar surface area (TPSA) is 6.48 Å². The Balaban J connectivity index is 0. The lowest BCUT2D eigenvalue weighted by Crippen LogP contribution is -2.22. The van der Waals surface area contributed by atoms with E-state index in [9.17, 15) is 0 Å². The summed E-state index contributed by atoms with van der Waals surface area (Å²) in [7, 11) is 6.06. The van der Waals surface area contributed by atoms with Gasteiger partial charge < -0.3 is 4.90 Å². The summed E-state index contributed by atoms with van der Waals surface area (Å²) >= 11 is 4.08. The largest absolute Gasteiger partial charge is 0.308 e. The van der Waals surface area contributed by atoms with Crippen molar-refractivity contribution in [1.29, 1.82) is 0 Å². The fraction of sp³-hybridized carbons (Fsp3) is 1.00. The second-order valence-corrected chi connectivity index (χ2v) is 2.87. The minimum Gasteiger partial charge on any atom is -0.308 e. The van der Waals surface area contributed by atoms with E-state index in [1.54, 1.807) is 0 Å². The second kappa shape index (κ2) is 9.27. The summed E-state index contributed by atoms with van der Waals surface area (Å²) in [5, 5.41) is 0. The van der Waals surface area contributed by atoms with Crippen LogP contribution in [0.1, 0.15) is 13.8 Å². The van der Waals surface area contributed by atoms with Gasteiger partial charge >= 0.3 is 0 Å². The van der Waals surface area contributed by atoms with Crippen molar-refractivity contribution < 1.29 is 0 Å². The Morgan fingerprint density at radius 1 is 1.00 bits per heavy atom. The quantitative estimate of drug-likeness (QED) is 0.629. The summed E-state index contributed by atoms with van der Waals surface area (Å²) < 4.78 is 1.88. The molecule has 0 bridgehead atoms. The molecule has 0 aromatic heterocycles. The van der Waals surface area contributed by atoms with Gasteiger partial charge in [-0.05, 0) is 21.1 Å². The Kier molecular flexibility index (Phi) is 12.0. The van der Waals surface area contributed by atoms with Gasteiger partial charge in [-0.15, -0.1) is 0 Å². The summed E-state index contributed by atoms with van der Waals surface area (Å²) in [6.07, 6.45) is 0. The summed E-state index contributed by atoms with van der Waals surface area (Å²) in [6, 6.07) is 0. The lowest BCUT2D eigenvalue weighted by atomic mass is 10.6. The molecule has 0 aliphatic heterocycles. The monoisotopic (exact) mass is 164 g/mol. The molecule has 0 radical (unpaired) electrons. The molecule has 0 aromatic carbocycles. The molecule has 0 aliphatic rings. The minimum absolute atomic E-state index is 1.01. The third-order valence-electron chi connectivity index (χ3n) is 0.871. The summed E-state index contributed by atoms with van der Waals surface area (Å²) in [5.41, 5.74) is 0. The van der Waals surface area contributed by atoms with Crippen LogP contribution in [0.4, 0.5) is 0 Å². The molecule has 2 nitrogen and oxygen atoms in total. The lowest BCUT2D eigenvalue weighted by Gasteiger charge is -2.12. The van der Waals surface area contributed by atoms with Gasteiger partial charge in [0.05, 0.1) is 0 Å². The number of nitrogens with zero attached hydrogens (tertiary/aromatic N) is 2.